The highest BCUT2D eigenvalue weighted by molar-refractivity contribution is 5.90. The minimum Gasteiger partial charge on any atom is -0.493 e. The van der Waals surface area contributed by atoms with Crippen LogP contribution in [0.15, 0.2) is 55.0 Å². The van der Waals surface area contributed by atoms with Gasteiger partial charge in [-0.3, -0.25) is 4.40 Å². The maximum absolute atomic E-state index is 5.41. The van der Waals surface area contributed by atoms with E-state index >= 15 is 0 Å². The van der Waals surface area contributed by atoms with Crippen LogP contribution in [0, 0.1) is 6.92 Å². The van der Waals surface area contributed by atoms with E-state index in [9.17, 15) is 0 Å². The van der Waals surface area contributed by atoms with Gasteiger partial charge in [0.15, 0.2) is 28.6 Å². The lowest BCUT2D eigenvalue weighted by Crippen LogP contribution is -1.99. The number of rotatable bonds is 4. The Morgan fingerprint density at radius 2 is 1.76 bits per heavy atom. The summed E-state index contributed by atoms with van der Waals surface area (Å²) in [5.41, 5.74) is 4.39. The summed E-state index contributed by atoms with van der Waals surface area (Å²) in [5, 5.41) is 14.1. The number of methoxy groups -OCH3 is 2. The average Bonchev–Trinajstić information content (AvgIpc) is 3.37. The third-order valence-electron chi connectivity index (χ3n) is 4.86. The number of aromatic nitrogens is 6. The highest BCUT2D eigenvalue weighted by atomic mass is 16.5. The van der Waals surface area contributed by atoms with Crippen molar-refractivity contribution in [2.24, 2.45) is 0 Å². The fourth-order valence-electron chi connectivity index (χ4n) is 3.44. The Bertz CT molecular complexity index is 1350. The molecule has 0 atom stereocenters. The molecule has 0 aliphatic heterocycles. The van der Waals surface area contributed by atoms with Gasteiger partial charge < -0.3 is 9.47 Å². The van der Waals surface area contributed by atoms with Crippen LogP contribution in [0.1, 0.15) is 5.56 Å². The van der Waals surface area contributed by atoms with Crippen molar-refractivity contribution < 1.29 is 9.47 Å². The predicted octanol–water partition coefficient (Wildman–Crippen LogP) is 3.46. The molecular formula is C21H18N6O2. The van der Waals surface area contributed by atoms with Crippen LogP contribution in [0.2, 0.25) is 0 Å². The minimum absolute atomic E-state index is 0.628. The second-order valence-electron chi connectivity index (χ2n) is 6.66. The molecule has 0 amide bonds. The molecule has 0 unspecified atom stereocenters. The summed E-state index contributed by atoms with van der Waals surface area (Å²) >= 11 is 0. The fraction of sp³-hybridized carbons (Fsp3) is 0.143. The van der Waals surface area contributed by atoms with Gasteiger partial charge in [-0.25, -0.2) is 9.67 Å². The maximum atomic E-state index is 5.41. The predicted molar refractivity (Wildman–Crippen MR) is 109 cm³/mol. The standard InChI is InChI=1S/C21H18N6O2/c1-13-5-4-6-15(9-13)27-20-16(11-23-27)21-25-24-19(26(21)12-22-20)14-7-8-17(28-2)18(10-14)29-3/h4-12H,1-3H3. The number of hydrogen-bond donors (Lipinski definition) is 0. The molecule has 29 heavy (non-hydrogen) atoms. The first-order chi connectivity index (χ1) is 14.2. The summed E-state index contributed by atoms with van der Waals surface area (Å²) in [5.74, 6) is 1.95. The number of ether oxygens (including phenoxy) is 2. The highest BCUT2D eigenvalue weighted by Crippen LogP contribution is 2.32. The molecule has 144 valence electrons. The van der Waals surface area contributed by atoms with Gasteiger partial charge in [-0.15, -0.1) is 10.2 Å². The second-order valence-corrected chi connectivity index (χ2v) is 6.66. The van der Waals surface area contributed by atoms with Crippen molar-refractivity contribution in [1.29, 1.82) is 0 Å². The van der Waals surface area contributed by atoms with Crippen molar-refractivity contribution in [3.63, 3.8) is 0 Å². The van der Waals surface area contributed by atoms with Crippen molar-refractivity contribution in [3.8, 4) is 28.6 Å². The molecule has 2 aromatic carbocycles. The summed E-state index contributed by atoms with van der Waals surface area (Å²) in [6.45, 7) is 2.05. The minimum atomic E-state index is 0.628. The lowest BCUT2D eigenvalue weighted by molar-refractivity contribution is 0.355. The van der Waals surface area contributed by atoms with Crippen LogP contribution in [0.4, 0.5) is 0 Å². The maximum Gasteiger partial charge on any atom is 0.175 e. The molecule has 0 aliphatic carbocycles. The lowest BCUT2D eigenvalue weighted by Gasteiger charge is -2.08. The van der Waals surface area contributed by atoms with Gasteiger partial charge in [0.2, 0.25) is 0 Å². The summed E-state index contributed by atoms with van der Waals surface area (Å²) in [4.78, 5) is 4.64. The third-order valence-corrected chi connectivity index (χ3v) is 4.86. The van der Waals surface area contributed by atoms with E-state index in [0.717, 1.165) is 27.8 Å². The van der Waals surface area contributed by atoms with Crippen LogP contribution >= 0.6 is 0 Å². The van der Waals surface area contributed by atoms with Gasteiger partial charge in [0.1, 0.15) is 6.33 Å². The van der Waals surface area contributed by atoms with E-state index in [0.29, 0.717) is 23.0 Å². The first-order valence-electron chi connectivity index (χ1n) is 9.06. The van der Waals surface area contributed by atoms with E-state index in [-0.39, 0.29) is 0 Å². The van der Waals surface area contributed by atoms with Crippen molar-refractivity contribution in [3.05, 3.63) is 60.6 Å². The molecule has 0 aliphatic rings. The van der Waals surface area contributed by atoms with Gasteiger partial charge in [0, 0.05) is 5.56 Å². The third kappa shape index (κ3) is 2.68. The second kappa shape index (κ2) is 6.59. The SMILES string of the molecule is COc1ccc(-c2nnc3c4cnn(-c5cccc(C)c5)c4ncn23)cc1OC. The number of fused-ring (bicyclic) bond motifs is 3. The van der Waals surface area contributed by atoms with Crippen LogP contribution in [-0.2, 0) is 0 Å². The topological polar surface area (TPSA) is 79.4 Å². The van der Waals surface area contributed by atoms with Crippen LogP contribution in [0.25, 0.3) is 33.8 Å². The largest absolute Gasteiger partial charge is 0.493 e. The molecule has 0 fully saturated rings. The Morgan fingerprint density at radius 1 is 0.897 bits per heavy atom. The summed E-state index contributed by atoms with van der Waals surface area (Å²) in [6.07, 6.45) is 3.49. The molecule has 3 heterocycles. The van der Waals surface area contributed by atoms with Crippen LogP contribution in [-0.4, -0.2) is 43.6 Å². The first kappa shape index (κ1) is 17.2. The average molecular weight is 386 g/mol. The Balaban J connectivity index is 1.67. The smallest absolute Gasteiger partial charge is 0.175 e. The zero-order chi connectivity index (χ0) is 20.0. The van der Waals surface area contributed by atoms with Crippen LogP contribution in [0.5, 0.6) is 11.5 Å². The van der Waals surface area contributed by atoms with E-state index in [4.69, 9.17) is 9.47 Å². The molecule has 8 nitrogen and oxygen atoms in total. The molecule has 0 bridgehead atoms. The molecule has 0 N–H and O–H groups in total. The number of hydrogen-bond acceptors (Lipinski definition) is 6. The van der Waals surface area contributed by atoms with Gasteiger partial charge in [-0.05, 0) is 42.8 Å². The van der Waals surface area contributed by atoms with Gasteiger partial charge in [-0.1, -0.05) is 12.1 Å². The van der Waals surface area contributed by atoms with Gasteiger partial charge in [0.05, 0.1) is 31.5 Å². The molecule has 0 saturated carbocycles. The monoisotopic (exact) mass is 386 g/mol. The summed E-state index contributed by atoms with van der Waals surface area (Å²) in [6, 6.07) is 13.8. The number of aryl methyl sites for hydroxylation is 1. The molecule has 5 aromatic rings. The van der Waals surface area contributed by atoms with Crippen molar-refractivity contribution in [2.75, 3.05) is 14.2 Å². The molecule has 0 spiro atoms. The van der Waals surface area contributed by atoms with Crippen LogP contribution < -0.4 is 9.47 Å². The molecule has 8 heteroatoms. The lowest BCUT2D eigenvalue weighted by atomic mass is 10.2. The van der Waals surface area contributed by atoms with Crippen LogP contribution in [0.3, 0.4) is 0 Å². The van der Waals surface area contributed by atoms with E-state index in [1.54, 1.807) is 26.7 Å². The Morgan fingerprint density at radius 3 is 2.55 bits per heavy atom. The molecule has 3 aromatic heterocycles. The quantitative estimate of drug-likeness (QED) is 0.471. The fourth-order valence-corrected chi connectivity index (χ4v) is 3.44. The normalized spacial score (nSPS) is 11.3. The number of nitrogens with zero attached hydrogens (tertiary/aromatic N) is 6. The van der Waals surface area contributed by atoms with Gasteiger partial charge >= 0.3 is 0 Å². The van der Waals surface area contributed by atoms with Crippen molar-refractivity contribution in [1.82, 2.24) is 29.4 Å². The summed E-state index contributed by atoms with van der Waals surface area (Å²) < 4.78 is 14.4. The van der Waals surface area contributed by atoms with E-state index in [2.05, 4.69) is 39.3 Å². The van der Waals surface area contributed by atoms with Gasteiger partial charge in [-0.2, -0.15) is 5.10 Å². The van der Waals surface area contributed by atoms with E-state index in [1.807, 2.05) is 39.4 Å². The van der Waals surface area contributed by atoms with Crippen molar-refractivity contribution >= 4 is 16.7 Å². The zero-order valence-electron chi connectivity index (χ0n) is 16.2. The first-order valence-corrected chi connectivity index (χ1v) is 9.06. The van der Waals surface area contributed by atoms with E-state index < -0.39 is 0 Å². The molecule has 0 saturated heterocycles. The highest BCUT2D eigenvalue weighted by Gasteiger charge is 2.16. The molecular weight excluding hydrogens is 368 g/mol. The zero-order valence-corrected chi connectivity index (χ0v) is 16.2. The van der Waals surface area contributed by atoms with E-state index in [1.165, 1.54) is 0 Å². The van der Waals surface area contributed by atoms with Gasteiger partial charge in [0.25, 0.3) is 0 Å². The Kier molecular flexibility index (Phi) is 3.90. The van der Waals surface area contributed by atoms with Crippen molar-refractivity contribution in [2.45, 2.75) is 6.92 Å². The number of benzene rings is 2. The Hall–Kier alpha value is -3.94. The summed E-state index contributed by atoms with van der Waals surface area (Å²) in [7, 11) is 3.21. The molecule has 5 rings (SSSR count). The Labute approximate surface area is 166 Å². The molecule has 0 radical (unpaired) electrons.